The fourth-order valence-electron chi connectivity index (χ4n) is 1.47. The largest absolute Gasteiger partial charge is 0.417 e. The monoisotopic (exact) mass is 345 g/mol. The Kier molecular flexibility index (Phi) is 4.88. The van der Waals surface area contributed by atoms with E-state index in [0.717, 1.165) is 5.56 Å². The molecule has 0 spiro atoms. The summed E-state index contributed by atoms with van der Waals surface area (Å²) < 4.78 is 3.44. The summed E-state index contributed by atoms with van der Waals surface area (Å²) in [6.07, 6.45) is 3.32. The Hall–Kier alpha value is -1.56. The van der Waals surface area contributed by atoms with E-state index >= 15 is 0 Å². The summed E-state index contributed by atoms with van der Waals surface area (Å²) in [5.74, 6) is -0.0245. The first-order valence-electron chi connectivity index (χ1n) is 5.81. The molecular weight excluding hydrogens is 337 g/mol. The second-order valence-electron chi connectivity index (χ2n) is 3.98. The lowest BCUT2D eigenvalue weighted by Gasteiger charge is -2.01. The van der Waals surface area contributed by atoms with Gasteiger partial charge in [0.1, 0.15) is 0 Å². The molecule has 0 aliphatic rings. The van der Waals surface area contributed by atoms with Crippen LogP contribution in [0.4, 0.5) is 0 Å². The molecular formula is C13H10Cl3N3O2. The molecule has 0 aliphatic heterocycles. The Morgan fingerprint density at radius 3 is 2.38 bits per heavy atom. The van der Waals surface area contributed by atoms with E-state index in [-0.39, 0.29) is 17.7 Å². The van der Waals surface area contributed by atoms with Crippen LogP contribution in [0, 0.1) is 0 Å². The van der Waals surface area contributed by atoms with Crippen LogP contribution in [0.2, 0.25) is 0 Å². The number of halogens is 3. The first-order valence-corrected chi connectivity index (χ1v) is 6.94. The third kappa shape index (κ3) is 4.20. The van der Waals surface area contributed by atoms with Crippen molar-refractivity contribution in [3.63, 3.8) is 0 Å². The molecule has 1 N–H and O–H groups in total. The van der Waals surface area contributed by atoms with Gasteiger partial charge in [0.25, 0.3) is 15.6 Å². The minimum atomic E-state index is -1.74. The first-order chi connectivity index (χ1) is 9.90. The van der Waals surface area contributed by atoms with E-state index in [0.29, 0.717) is 5.56 Å². The van der Waals surface area contributed by atoms with Crippen LogP contribution in [0.5, 0.6) is 0 Å². The zero-order valence-electron chi connectivity index (χ0n) is 10.8. The zero-order chi connectivity index (χ0) is 15.5. The van der Waals surface area contributed by atoms with Gasteiger partial charge in [-0.2, -0.15) is 0 Å². The number of carbonyl (C=O) groups excluding carboxylic acids is 1. The summed E-state index contributed by atoms with van der Waals surface area (Å²) in [6.45, 7) is 0. The van der Waals surface area contributed by atoms with Gasteiger partial charge in [0, 0.05) is 18.7 Å². The van der Waals surface area contributed by atoms with Crippen molar-refractivity contribution in [2.24, 2.45) is 0 Å². The van der Waals surface area contributed by atoms with Gasteiger partial charge in [0.05, 0.1) is 0 Å². The van der Waals surface area contributed by atoms with E-state index in [1.165, 1.54) is 0 Å². The highest BCUT2D eigenvalue weighted by Gasteiger charge is 2.29. The lowest BCUT2D eigenvalue weighted by molar-refractivity contribution is 0.0963. The maximum absolute atomic E-state index is 11.4. The Bertz CT molecular complexity index is 660. The molecule has 1 heterocycles. The molecule has 2 rings (SSSR count). The Morgan fingerprint density at radius 2 is 1.86 bits per heavy atom. The molecule has 8 heteroatoms. The van der Waals surface area contributed by atoms with Gasteiger partial charge in [-0.15, -0.1) is 10.2 Å². The number of aromatic nitrogens is 2. The number of carbonyl (C=O) groups is 1. The Labute approximate surface area is 135 Å². The molecule has 0 aliphatic carbocycles. The van der Waals surface area contributed by atoms with Gasteiger partial charge >= 0.3 is 0 Å². The summed E-state index contributed by atoms with van der Waals surface area (Å²) in [6, 6.07) is 6.98. The third-order valence-corrected chi connectivity index (χ3v) is 2.99. The highest BCUT2D eigenvalue weighted by molar-refractivity contribution is 6.66. The number of alkyl halides is 3. The zero-order valence-corrected chi connectivity index (χ0v) is 13.1. The van der Waals surface area contributed by atoms with Crippen LogP contribution in [-0.2, 0) is 3.79 Å². The van der Waals surface area contributed by atoms with Crippen molar-refractivity contribution >= 4 is 52.9 Å². The fourth-order valence-corrected chi connectivity index (χ4v) is 1.70. The van der Waals surface area contributed by atoms with Crippen molar-refractivity contribution in [2.45, 2.75) is 3.79 Å². The smallest absolute Gasteiger partial charge is 0.268 e. The maximum atomic E-state index is 11.4. The molecule has 21 heavy (non-hydrogen) atoms. The predicted molar refractivity (Wildman–Crippen MR) is 82.3 cm³/mol. The molecule has 0 unspecified atom stereocenters. The van der Waals surface area contributed by atoms with E-state index in [4.69, 9.17) is 39.2 Å². The van der Waals surface area contributed by atoms with E-state index in [2.05, 4.69) is 15.5 Å². The van der Waals surface area contributed by atoms with Crippen LogP contribution in [0.1, 0.15) is 27.7 Å². The highest BCUT2D eigenvalue weighted by Crippen LogP contribution is 2.37. The minimum absolute atomic E-state index is 0.0953. The standard InChI is InChI=1S/C13H10Cl3N3O2/c1-17-11(20)9-5-2-8(3-6-9)4-7-10-18-19-12(21-10)13(14,15)16/h2-7H,1H3,(H,17,20). The Balaban J connectivity index is 2.11. The fraction of sp³-hybridized carbons (Fsp3) is 0.154. The number of benzene rings is 1. The molecule has 1 amide bonds. The van der Waals surface area contributed by atoms with Gasteiger partial charge in [-0.05, 0) is 23.8 Å². The van der Waals surface area contributed by atoms with E-state index < -0.39 is 3.79 Å². The van der Waals surface area contributed by atoms with Crippen LogP contribution in [0.3, 0.4) is 0 Å². The topological polar surface area (TPSA) is 68.0 Å². The second-order valence-corrected chi connectivity index (χ2v) is 6.26. The van der Waals surface area contributed by atoms with Crippen LogP contribution >= 0.6 is 34.8 Å². The van der Waals surface area contributed by atoms with Gasteiger partial charge in [-0.3, -0.25) is 4.79 Å². The molecule has 110 valence electrons. The molecule has 0 bridgehead atoms. The van der Waals surface area contributed by atoms with Crippen molar-refractivity contribution in [3.05, 3.63) is 47.2 Å². The summed E-state index contributed by atoms with van der Waals surface area (Å²) in [4.78, 5) is 11.4. The SMILES string of the molecule is CNC(=O)c1ccc(C=Cc2nnc(C(Cl)(Cl)Cl)o2)cc1. The number of amides is 1. The average Bonchev–Trinajstić information content (AvgIpc) is 2.94. The van der Waals surface area contributed by atoms with E-state index in [9.17, 15) is 4.79 Å². The number of rotatable bonds is 3. The molecule has 0 saturated heterocycles. The molecule has 1 aromatic heterocycles. The van der Waals surface area contributed by atoms with Crippen molar-refractivity contribution in [1.82, 2.24) is 15.5 Å². The van der Waals surface area contributed by atoms with Gasteiger partial charge < -0.3 is 9.73 Å². The molecule has 5 nitrogen and oxygen atoms in total. The number of hydrogen-bond acceptors (Lipinski definition) is 4. The molecule has 0 saturated carbocycles. The normalized spacial score (nSPS) is 11.8. The molecule has 0 atom stereocenters. The van der Waals surface area contributed by atoms with Crippen LogP contribution in [0.25, 0.3) is 12.2 Å². The third-order valence-electron chi connectivity index (χ3n) is 2.50. The van der Waals surface area contributed by atoms with E-state index in [1.807, 2.05) is 0 Å². The summed E-state index contributed by atoms with van der Waals surface area (Å²) in [7, 11) is 1.58. The van der Waals surface area contributed by atoms with Crippen molar-refractivity contribution < 1.29 is 9.21 Å². The first kappa shape index (κ1) is 15.8. The Morgan fingerprint density at radius 1 is 1.19 bits per heavy atom. The summed E-state index contributed by atoms with van der Waals surface area (Å²) >= 11 is 16.9. The summed E-state index contributed by atoms with van der Waals surface area (Å²) in [5.41, 5.74) is 1.43. The predicted octanol–water partition coefficient (Wildman–Crippen LogP) is 3.43. The highest BCUT2D eigenvalue weighted by atomic mass is 35.6. The van der Waals surface area contributed by atoms with Crippen LogP contribution < -0.4 is 5.32 Å². The van der Waals surface area contributed by atoms with Crippen molar-refractivity contribution in [3.8, 4) is 0 Å². The van der Waals surface area contributed by atoms with Crippen molar-refractivity contribution in [1.29, 1.82) is 0 Å². The van der Waals surface area contributed by atoms with Crippen molar-refractivity contribution in [2.75, 3.05) is 7.05 Å². The van der Waals surface area contributed by atoms with Gasteiger partial charge in [-0.25, -0.2) is 0 Å². The van der Waals surface area contributed by atoms with Gasteiger partial charge in [-0.1, -0.05) is 46.9 Å². The molecule has 0 radical (unpaired) electrons. The van der Waals surface area contributed by atoms with Crippen LogP contribution in [0.15, 0.2) is 28.7 Å². The lowest BCUT2D eigenvalue weighted by atomic mass is 10.1. The minimum Gasteiger partial charge on any atom is -0.417 e. The molecule has 2 aromatic rings. The molecule has 1 aromatic carbocycles. The second kappa shape index (κ2) is 6.47. The van der Waals surface area contributed by atoms with Gasteiger partial charge in [0.15, 0.2) is 0 Å². The number of nitrogens with zero attached hydrogens (tertiary/aromatic N) is 2. The van der Waals surface area contributed by atoms with Crippen LogP contribution in [-0.4, -0.2) is 23.2 Å². The quantitative estimate of drug-likeness (QED) is 0.865. The van der Waals surface area contributed by atoms with E-state index in [1.54, 1.807) is 43.5 Å². The average molecular weight is 347 g/mol. The number of nitrogens with one attached hydrogen (secondary N) is 1. The number of hydrogen-bond donors (Lipinski definition) is 1. The molecule has 0 fully saturated rings. The summed E-state index contributed by atoms with van der Waals surface area (Å²) in [5, 5.41) is 9.92. The van der Waals surface area contributed by atoms with Gasteiger partial charge in [0.2, 0.25) is 5.89 Å². The maximum Gasteiger partial charge on any atom is 0.268 e. The lowest BCUT2D eigenvalue weighted by Crippen LogP contribution is -2.17.